The lowest BCUT2D eigenvalue weighted by molar-refractivity contribution is 0.156. The lowest BCUT2D eigenvalue weighted by Gasteiger charge is -2.33. The van der Waals surface area contributed by atoms with E-state index >= 15 is 0 Å². The first kappa shape index (κ1) is 16.2. The maximum atomic E-state index is 3.46. The van der Waals surface area contributed by atoms with Crippen LogP contribution in [0, 0.1) is 11.8 Å². The van der Waals surface area contributed by atoms with Crippen LogP contribution in [0.15, 0.2) is 0 Å². The Morgan fingerprint density at radius 3 is 2.39 bits per heavy atom. The number of hydrogen-bond donors (Lipinski definition) is 1. The fraction of sp³-hybridized carbons (Fsp3) is 1.00. The van der Waals surface area contributed by atoms with Crippen molar-refractivity contribution in [2.45, 2.75) is 25.7 Å². The van der Waals surface area contributed by atoms with Gasteiger partial charge in [-0.15, -0.1) is 12.4 Å². The fourth-order valence-electron chi connectivity index (χ4n) is 3.23. The average Bonchev–Trinajstić information content (AvgIpc) is 2.80. The van der Waals surface area contributed by atoms with Crippen molar-refractivity contribution < 1.29 is 0 Å². The quantitative estimate of drug-likeness (QED) is 0.824. The molecule has 0 aliphatic carbocycles. The van der Waals surface area contributed by atoms with E-state index in [-0.39, 0.29) is 12.4 Å². The van der Waals surface area contributed by atoms with Gasteiger partial charge in [0.2, 0.25) is 0 Å². The standard InChI is InChI=1S/C14H29N3.ClH/c1-16(2)12-14-5-9-17(10-6-14)8-4-13-3-7-15-11-13;/h13-15H,3-12H2,1-2H3;1H. The molecule has 0 saturated carbocycles. The van der Waals surface area contributed by atoms with Crippen LogP contribution in [0.25, 0.3) is 0 Å². The minimum absolute atomic E-state index is 0. The molecule has 4 heteroatoms. The van der Waals surface area contributed by atoms with Crippen LogP contribution in [0.1, 0.15) is 25.7 Å². The molecule has 2 heterocycles. The van der Waals surface area contributed by atoms with Crippen molar-refractivity contribution in [2.24, 2.45) is 11.8 Å². The first-order valence-electron chi connectivity index (χ1n) is 7.32. The van der Waals surface area contributed by atoms with Gasteiger partial charge in [-0.3, -0.25) is 0 Å². The predicted molar refractivity (Wildman–Crippen MR) is 80.6 cm³/mol. The zero-order chi connectivity index (χ0) is 12.1. The highest BCUT2D eigenvalue weighted by Gasteiger charge is 2.21. The molecular formula is C14H30ClN3. The number of nitrogens with zero attached hydrogens (tertiary/aromatic N) is 2. The second-order valence-electron chi connectivity index (χ2n) is 6.19. The van der Waals surface area contributed by atoms with Gasteiger partial charge in [-0.1, -0.05) is 0 Å². The van der Waals surface area contributed by atoms with Gasteiger partial charge in [0, 0.05) is 6.54 Å². The maximum Gasteiger partial charge on any atom is 0.000451 e. The minimum Gasteiger partial charge on any atom is -0.316 e. The van der Waals surface area contributed by atoms with E-state index in [1.807, 2.05) is 0 Å². The minimum atomic E-state index is 0. The highest BCUT2D eigenvalue weighted by atomic mass is 35.5. The van der Waals surface area contributed by atoms with E-state index < -0.39 is 0 Å². The van der Waals surface area contributed by atoms with Crippen molar-refractivity contribution in [3.8, 4) is 0 Å². The second-order valence-corrected chi connectivity index (χ2v) is 6.19. The Bertz CT molecular complexity index is 209. The Balaban J connectivity index is 0.00000162. The van der Waals surface area contributed by atoms with Crippen LogP contribution in [0.5, 0.6) is 0 Å². The van der Waals surface area contributed by atoms with Gasteiger partial charge >= 0.3 is 0 Å². The van der Waals surface area contributed by atoms with Crippen LogP contribution in [-0.4, -0.2) is 63.2 Å². The van der Waals surface area contributed by atoms with Crippen LogP contribution >= 0.6 is 12.4 Å². The molecule has 2 fully saturated rings. The van der Waals surface area contributed by atoms with Crippen molar-refractivity contribution in [1.29, 1.82) is 0 Å². The van der Waals surface area contributed by atoms with E-state index in [2.05, 4.69) is 29.2 Å². The summed E-state index contributed by atoms with van der Waals surface area (Å²) < 4.78 is 0. The first-order valence-corrected chi connectivity index (χ1v) is 7.32. The maximum absolute atomic E-state index is 3.46. The van der Waals surface area contributed by atoms with E-state index in [9.17, 15) is 0 Å². The molecule has 0 aromatic carbocycles. The normalized spacial score (nSPS) is 26.5. The molecule has 18 heavy (non-hydrogen) atoms. The van der Waals surface area contributed by atoms with Crippen molar-refractivity contribution in [3.05, 3.63) is 0 Å². The molecule has 0 amide bonds. The number of likely N-dealkylation sites (tertiary alicyclic amines) is 1. The summed E-state index contributed by atoms with van der Waals surface area (Å²) in [6.07, 6.45) is 5.62. The van der Waals surface area contributed by atoms with E-state index in [0.717, 1.165) is 11.8 Å². The molecule has 108 valence electrons. The monoisotopic (exact) mass is 275 g/mol. The van der Waals surface area contributed by atoms with Crippen molar-refractivity contribution in [1.82, 2.24) is 15.1 Å². The third-order valence-electron chi connectivity index (χ3n) is 4.35. The topological polar surface area (TPSA) is 18.5 Å². The highest BCUT2D eigenvalue weighted by molar-refractivity contribution is 5.85. The van der Waals surface area contributed by atoms with Gasteiger partial charge in [0.05, 0.1) is 0 Å². The van der Waals surface area contributed by atoms with Crippen molar-refractivity contribution >= 4 is 12.4 Å². The smallest absolute Gasteiger partial charge is 0.000451 e. The summed E-state index contributed by atoms with van der Waals surface area (Å²) >= 11 is 0. The molecule has 3 nitrogen and oxygen atoms in total. The number of rotatable bonds is 5. The molecule has 0 bridgehead atoms. The third kappa shape index (κ3) is 5.43. The largest absolute Gasteiger partial charge is 0.316 e. The Hall–Kier alpha value is 0.170. The molecule has 0 spiro atoms. The van der Waals surface area contributed by atoms with Gasteiger partial charge in [-0.05, 0) is 84.3 Å². The summed E-state index contributed by atoms with van der Waals surface area (Å²) in [5.74, 6) is 1.89. The predicted octanol–water partition coefficient (Wildman–Crippen LogP) is 1.68. The van der Waals surface area contributed by atoms with Gasteiger partial charge < -0.3 is 15.1 Å². The molecule has 2 aliphatic heterocycles. The van der Waals surface area contributed by atoms with Crippen LogP contribution in [-0.2, 0) is 0 Å². The Morgan fingerprint density at radius 1 is 1.11 bits per heavy atom. The van der Waals surface area contributed by atoms with Gasteiger partial charge in [0.15, 0.2) is 0 Å². The molecule has 0 aromatic rings. The summed E-state index contributed by atoms with van der Waals surface area (Å²) in [5, 5.41) is 3.46. The second kappa shape index (κ2) is 8.36. The SMILES string of the molecule is CN(C)CC1CCN(CCC2CCNC2)CC1.Cl. The summed E-state index contributed by atoms with van der Waals surface area (Å²) in [6, 6.07) is 0. The molecule has 0 aromatic heterocycles. The molecule has 2 aliphatic rings. The first-order chi connectivity index (χ1) is 8.24. The fourth-order valence-corrected chi connectivity index (χ4v) is 3.23. The summed E-state index contributed by atoms with van der Waals surface area (Å²) in [7, 11) is 4.39. The van der Waals surface area contributed by atoms with Gasteiger partial charge in [0.25, 0.3) is 0 Å². The Morgan fingerprint density at radius 2 is 1.83 bits per heavy atom. The molecule has 2 saturated heterocycles. The van der Waals surface area contributed by atoms with Crippen LogP contribution in [0.4, 0.5) is 0 Å². The average molecular weight is 276 g/mol. The van der Waals surface area contributed by atoms with E-state index in [4.69, 9.17) is 0 Å². The van der Waals surface area contributed by atoms with Gasteiger partial charge in [-0.25, -0.2) is 0 Å². The molecule has 1 N–H and O–H groups in total. The number of nitrogens with one attached hydrogen (secondary N) is 1. The number of hydrogen-bond acceptors (Lipinski definition) is 3. The van der Waals surface area contributed by atoms with Crippen LogP contribution in [0.3, 0.4) is 0 Å². The summed E-state index contributed by atoms with van der Waals surface area (Å²) in [4.78, 5) is 5.02. The van der Waals surface area contributed by atoms with Crippen LogP contribution < -0.4 is 5.32 Å². The van der Waals surface area contributed by atoms with Gasteiger partial charge in [-0.2, -0.15) is 0 Å². The van der Waals surface area contributed by atoms with Crippen molar-refractivity contribution in [3.63, 3.8) is 0 Å². The lowest BCUT2D eigenvalue weighted by atomic mass is 9.95. The third-order valence-corrected chi connectivity index (χ3v) is 4.35. The number of halogens is 1. The molecule has 0 radical (unpaired) electrons. The lowest BCUT2D eigenvalue weighted by Crippen LogP contribution is -2.38. The zero-order valence-corrected chi connectivity index (χ0v) is 12.8. The molecular weight excluding hydrogens is 246 g/mol. The van der Waals surface area contributed by atoms with Crippen molar-refractivity contribution in [2.75, 3.05) is 53.4 Å². The van der Waals surface area contributed by atoms with E-state index in [1.54, 1.807) is 0 Å². The summed E-state index contributed by atoms with van der Waals surface area (Å²) in [6.45, 7) is 7.78. The molecule has 1 unspecified atom stereocenters. The van der Waals surface area contributed by atoms with E-state index in [0.29, 0.717) is 0 Å². The Kier molecular flexibility index (Phi) is 7.54. The van der Waals surface area contributed by atoms with Crippen LogP contribution in [0.2, 0.25) is 0 Å². The van der Waals surface area contributed by atoms with Gasteiger partial charge in [0.1, 0.15) is 0 Å². The highest BCUT2D eigenvalue weighted by Crippen LogP contribution is 2.19. The summed E-state index contributed by atoms with van der Waals surface area (Å²) in [5.41, 5.74) is 0. The van der Waals surface area contributed by atoms with E-state index in [1.165, 1.54) is 65.0 Å². The number of piperidine rings is 1. The molecule has 1 atom stereocenters. The Labute approximate surface area is 119 Å². The molecule has 2 rings (SSSR count). The zero-order valence-electron chi connectivity index (χ0n) is 12.0.